The first-order valence-corrected chi connectivity index (χ1v) is 9.25. The number of nitrogens with zero attached hydrogens (tertiary/aromatic N) is 1. The third kappa shape index (κ3) is 7.24. The number of esters is 1. The molecular formula is C19H27N3O8. The molecule has 11 nitrogen and oxygen atoms in total. The monoisotopic (exact) mass is 425 g/mol. The van der Waals surface area contributed by atoms with Crippen LogP contribution in [-0.2, 0) is 19.1 Å². The molecular weight excluding hydrogens is 398 g/mol. The van der Waals surface area contributed by atoms with Crippen molar-refractivity contribution in [1.82, 2.24) is 15.7 Å². The minimum absolute atomic E-state index is 0.0452. The molecule has 0 bridgehead atoms. The largest absolute Gasteiger partial charge is 0.504 e. The first kappa shape index (κ1) is 24.7. The van der Waals surface area contributed by atoms with Crippen LogP contribution in [0.2, 0.25) is 0 Å². The Morgan fingerprint density at radius 3 is 2.40 bits per heavy atom. The highest BCUT2D eigenvalue weighted by molar-refractivity contribution is 6.00. The van der Waals surface area contributed by atoms with Crippen LogP contribution in [0.1, 0.15) is 43.5 Å². The fraction of sp³-hybridized carbons (Fsp3) is 0.474. The predicted molar refractivity (Wildman–Crippen MR) is 104 cm³/mol. The van der Waals surface area contributed by atoms with Crippen LogP contribution in [0.4, 0.5) is 0 Å². The van der Waals surface area contributed by atoms with E-state index in [0.29, 0.717) is 17.9 Å². The maximum absolute atomic E-state index is 12.6. The zero-order chi connectivity index (χ0) is 22.8. The molecule has 30 heavy (non-hydrogen) atoms. The van der Waals surface area contributed by atoms with E-state index in [-0.39, 0.29) is 18.5 Å². The molecule has 0 aliphatic carbocycles. The number of aromatic hydroxyl groups is 2. The molecule has 1 aromatic rings. The standard InChI is InChI=1S/C19H27N3O8/c1-11(19(28)30-3)20-18(27)14(8-4-5-10-22(29)12(2)23)21-17(26)13-7-6-9-15(24)16(13)25/h6-7,9,11,14,24-25,29H,4-5,8,10H2,1-3H3,(H,20,27)(H,21,26)/t11-,14+/m0/s1. The number of methoxy groups -OCH3 is 1. The van der Waals surface area contributed by atoms with Crippen LogP contribution in [0.15, 0.2) is 18.2 Å². The second-order valence-corrected chi connectivity index (χ2v) is 6.59. The Hall–Kier alpha value is -3.34. The van der Waals surface area contributed by atoms with E-state index in [9.17, 15) is 34.6 Å². The second kappa shape index (κ2) is 11.6. The lowest BCUT2D eigenvalue weighted by Gasteiger charge is -2.21. The van der Waals surface area contributed by atoms with Crippen molar-refractivity contribution in [2.75, 3.05) is 13.7 Å². The highest BCUT2D eigenvalue weighted by Gasteiger charge is 2.26. The number of para-hydroxylation sites is 1. The summed E-state index contributed by atoms with van der Waals surface area (Å²) in [7, 11) is 1.17. The quantitative estimate of drug-likeness (QED) is 0.117. The van der Waals surface area contributed by atoms with Crippen molar-refractivity contribution in [2.24, 2.45) is 0 Å². The van der Waals surface area contributed by atoms with Gasteiger partial charge in [0, 0.05) is 13.5 Å². The van der Waals surface area contributed by atoms with Crippen molar-refractivity contribution in [1.29, 1.82) is 0 Å². The molecule has 2 atom stereocenters. The number of phenols is 2. The Labute approximate surface area is 173 Å². The van der Waals surface area contributed by atoms with Crippen LogP contribution >= 0.6 is 0 Å². The van der Waals surface area contributed by atoms with Crippen LogP contribution in [0, 0.1) is 0 Å². The number of rotatable bonds is 10. The van der Waals surface area contributed by atoms with Gasteiger partial charge in [0.05, 0.1) is 12.7 Å². The van der Waals surface area contributed by atoms with Gasteiger partial charge >= 0.3 is 5.97 Å². The molecule has 1 rings (SSSR count). The van der Waals surface area contributed by atoms with E-state index in [1.807, 2.05) is 0 Å². The number of amides is 3. The fourth-order valence-electron chi connectivity index (χ4n) is 2.54. The molecule has 3 amide bonds. The van der Waals surface area contributed by atoms with Crippen molar-refractivity contribution in [3.63, 3.8) is 0 Å². The Kier molecular flexibility index (Phi) is 9.56. The number of carbonyl (C=O) groups is 4. The average Bonchev–Trinajstić information content (AvgIpc) is 2.70. The number of benzene rings is 1. The zero-order valence-corrected chi connectivity index (χ0v) is 17.0. The normalized spacial score (nSPS) is 12.4. The Bertz CT molecular complexity index is 783. The van der Waals surface area contributed by atoms with E-state index < -0.39 is 47.3 Å². The van der Waals surface area contributed by atoms with Gasteiger partial charge in [-0.3, -0.25) is 19.6 Å². The molecule has 0 saturated carbocycles. The summed E-state index contributed by atoms with van der Waals surface area (Å²) in [6.07, 6.45) is 0.817. The molecule has 0 aromatic heterocycles. The molecule has 0 unspecified atom stereocenters. The van der Waals surface area contributed by atoms with Gasteiger partial charge in [-0.05, 0) is 38.3 Å². The number of phenolic OH excluding ortho intramolecular Hbond substituents is 2. The lowest BCUT2D eigenvalue weighted by molar-refractivity contribution is -0.162. The van der Waals surface area contributed by atoms with Gasteiger partial charge in [0.2, 0.25) is 11.8 Å². The number of hydroxylamine groups is 2. The van der Waals surface area contributed by atoms with Crippen molar-refractivity contribution < 1.29 is 39.3 Å². The summed E-state index contributed by atoms with van der Waals surface area (Å²) in [5.41, 5.74) is -0.230. The van der Waals surface area contributed by atoms with Gasteiger partial charge < -0.3 is 25.6 Å². The van der Waals surface area contributed by atoms with Gasteiger partial charge in [0.25, 0.3) is 5.91 Å². The van der Waals surface area contributed by atoms with Crippen LogP contribution in [0.25, 0.3) is 0 Å². The molecule has 0 aliphatic heterocycles. The van der Waals surface area contributed by atoms with Crippen molar-refractivity contribution in [3.8, 4) is 11.5 Å². The third-order valence-corrected chi connectivity index (χ3v) is 4.27. The minimum Gasteiger partial charge on any atom is -0.504 e. The Morgan fingerprint density at radius 2 is 1.80 bits per heavy atom. The third-order valence-electron chi connectivity index (χ3n) is 4.27. The highest BCUT2D eigenvalue weighted by atomic mass is 16.5. The molecule has 0 heterocycles. The number of nitrogens with one attached hydrogen (secondary N) is 2. The van der Waals surface area contributed by atoms with E-state index >= 15 is 0 Å². The summed E-state index contributed by atoms with van der Waals surface area (Å²) < 4.78 is 4.55. The maximum atomic E-state index is 12.6. The van der Waals surface area contributed by atoms with Gasteiger partial charge in [0.15, 0.2) is 11.5 Å². The zero-order valence-electron chi connectivity index (χ0n) is 17.0. The smallest absolute Gasteiger partial charge is 0.328 e. The molecule has 5 N–H and O–H groups in total. The van der Waals surface area contributed by atoms with Crippen LogP contribution in [0.3, 0.4) is 0 Å². The number of hydrogen-bond acceptors (Lipinski definition) is 8. The lowest BCUT2D eigenvalue weighted by Crippen LogP contribution is -2.51. The van der Waals surface area contributed by atoms with Crippen LogP contribution in [-0.4, -0.2) is 69.9 Å². The molecule has 0 spiro atoms. The lowest BCUT2D eigenvalue weighted by atomic mass is 10.1. The topological polar surface area (TPSA) is 165 Å². The highest BCUT2D eigenvalue weighted by Crippen LogP contribution is 2.28. The SMILES string of the molecule is COC(=O)[C@H](C)NC(=O)[C@@H](CCCCN(O)C(C)=O)NC(=O)c1cccc(O)c1O. The van der Waals surface area contributed by atoms with Gasteiger partial charge in [-0.2, -0.15) is 0 Å². The van der Waals surface area contributed by atoms with Crippen LogP contribution in [0.5, 0.6) is 11.5 Å². The first-order chi connectivity index (χ1) is 14.1. The summed E-state index contributed by atoms with van der Waals surface area (Å²) in [6, 6.07) is 1.78. The molecule has 0 fully saturated rings. The predicted octanol–water partition coefficient (Wildman–Crippen LogP) is 0.282. The van der Waals surface area contributed by atoms with Gasteiger partial charge in [-0.15, -0.1) is 0 Å². The minimum atomic E-state index is -1.09. The number of carbonyl (C=O) groups excluding carboxylic acids is 4. The molecule has 166 valence electrons. The number of hydrogen-bond donors (Lipinski definition) is 5. The summed E-state index contributed by atoms with van der Waals surface area (Å²) in [5, 5.41) is 34.2. The van der Waals surface area contributed by atoms with Crippen molar-refractivity contribution in [3.05, 3.63) is 23.8 Å². The van der Waals surface area contributed by atoms with Crippen LogP contribution < -0.4 is 10.6 Å². The summed E-state index contributed by atoms with van der Waals surface area (Å²) >= 11 is 0. The van der Waals surface area contributed by atoms with Gasteiger partial charge in [-0.1, -0.05) is 6.07 Å². The van der Waals surface area contributed by atoms with Gasteiger partial charge in [-0.25, -0.2) is 9.86 Å². The maximum Gasteiger partial charge on any atom is 0.328 e. The van der Waals surface area contributed by atoms with E-state index in [0.717, 1.165) is 0 Å². The summed E-state index contributed by atoms with van der Waals surface area (Å²) in [5.74, 6) is -3.78. The fourth-order valence-corrected chi connectivity index (χ4v) is 2.54. The van der Waals surface area contributed by atoms with Gasteiger partial charge in [0.1, 0.15) is 12.1 Å². The number of unbranched alkanes of at least 4 members (excludes halogenated alkanes) is 1. The molecule has 0 radical (unpaired) electrons. The van der Waals surface area contributed by atoms with E-state index in [1.54, 1.807) is 0 Å². The number of ether oxygens (including phenoxy) is 1. The Morgan fingerprint density at radius 1 is 1.13 bits per heavy atom. The Balaban J connectivity index is 2.86. The molecule has 1 aromatic carbocycles. The average molecular weight is 425 g/mol. The van der Waals surface area contributed by atoms with Crippen molar-refractivity contribution in [2.45, 2.75) is 45.2 Å². The molecule has 0 aliphatic rings. The van der Waals surface area contributed by atoms with E-state index in [1.165, 1.54) is 39.2 Å². The summed E-state index contributed by atoms with van der Waals surface area (Å²) in [4.78, 5) is 47.6. The summed E-state index contributed by atoms with van der Waals surface area (Å²) in [6.45, 7) is 2.66. The van der Waals surface area contributed by atoms with Crippen molar-refractivity contribution >= 4 is 23.7 Å². The van der Waals surface area contributed by atoms with E-state index in [2.05, 4.69) is 15.4 Å². The molecule has 11 heteroatoms. The molecule has 0 saturated heterocycles. The second-order valence-electron chi connectivity index (χ2n) is 6.59. The van der Waals surface area contributed by atoms with E-state index in [4.69, 9.17) is 0 Å². The first-order valence-electron chi connectivity index (χ1n) is 9.25.